The molecule has 36 heavy (non-hydrogen) atoms. The highest BCUT2D eigenvalue weighted by molar-refractivity contribution is 7.92. The van der Waals surface area contributed by atoms with Crippen LogP contribution in [-0.4, -0.2) is 40.6 Å². The van der Waals surface area contributed by atoms with E-state index in [0.29, 0.717) is 30.0 Å². The van der Waals surface area contributed by atoms with Gasteiger partial charge in [0.15, 0.2) is 0 Å². The lowest BCUT2D eigenvalue weighted by molar-refractivity contribution is -0.119. The topological polar surface area (TPSA) is 84.9 Å². The quantitative estimate of drug-likeness (QED) is 0.356. The van der Waals surface area contributed by atoms with E-state index in [-0.39, 0.29) is 23.5 Å². The van der Waals surface area contributed by atoms with Gasteiger partial charge in [-0.2, -0.15) is 0 Å². The van der Waals surface area contributed by atoms with Crippen LogP contribution in [0, 0.1) is 6.92 Å². The molecule has 8 heteroatoms. The van der Waals surface area contributed by atoms with Crippen molar-refractivity contribution < 1.29 is 22.7 Å². The normalized spacial score (nSPS) is 11.2. The molecular weight excluding hydrogens is 476 g/mol. The number of carbonyl (C=O) groups is 1. The third kappa shape index (κ3) is 7.24. The van der Waals surface area contributed by atoms with Crippen molar-refractivity contribution in [2.24, 2.45) is 0 Å². The number of carbonyl (C=O) groups excluding carboxylic acids is 1. The second-order valence-electron chi connectivity index (χ2n) is 8.75. The number of hydrogen-bond donors (Lipinski definition) is 1. The average Bonchev–Trinajstić information content (AvgIpc) is 2.85. The summed E-state index contributed by atoms with van der Waals surface area (Å²) in [4.78, 5) is 12.9. The third-order valence-electron chi connectivity index (χ3n) is 5.52. The summed E-state index contributed by atoms with van der Waals surface area (Å²) >= 11 is 0. The van der Waals surface area contributed by atoms with Gasteiger partial charge in [0.1, 0.15) is 18.0 Å². The maximum Gasteiger partial charge on any atom is 0.264 e. The zero-order valence-electron chi connectivity index (χ0n) is 21.2. The molecule has 3 rings (SSSR count). The van der Waals surface area contributed by atoms with Gasteiger partial charge < -0.3 is 14.8 Å². The van der Waals surface area contributed by atoms with E-state index >= 15 is 0 Å². The highest BCUT2D eigenvalue weighted by atomic mass is 32.2. The van der Waals surface area contributed by atoms with E-state index in [4.69, 9.17) is 9.47 Å². The maximum absolute atomic E-state index is 13.5. The van der Waals surface area contributed by atoms with E-state index in [0.717, 1.165) is 22.0 Å². The molecule has 3 aromatic carbocycles. The Morgan fingerprint density at radius 1 is 1.00 bits per heavy atom. The van der Waals surface area contributed by atoms with Crippen LogP contribution in [0.2, 0.25) is 0 Å². The summed E-state index contributed by atoms with van der Waals surface area (Å²) in [5, 5.41) is 2.86. The van der Waals surface area contributed by atoms with Gasteiger partial charge in [-0.3, -0.25) is 9.10 Å². The van der Waals surface area contributed by atoms with Crippen LogP contribution >= 0.6 is 0 Å². The van der Waals surface area contributed by atoms with Crippen LogP contribution in [0.4, 0.5) is 5.69 Å². The summed E-state index contributed by atoms with van der Waals surface area (Å²) in [6, 6.07) is 21.2. The molecule has 0 heterocycles. The van der Waals surface area contributed by atoms with E-state index < -0.39 is 10.0 Å². The lowest BCUT2D eigenvalue weighted by Gasteiger charge is -2.24. The highest BCUT2D eigenvalue weighted by Crippen LogP contribution is 2.27. The van der Waals surface area contributed by atoms with Gasteiger partial charge in [0, 0.05) is 6.54 Å². The molecule has 0 bridgehead atoms. The molecule has 0 aliphatic carbocycles. The zero-order valence-corrected chi connectivity index (χ0v) is 22.0. The second-order valence-corrected chi connectivity index (χ2v) is 10.6. The van der Waals surface area contributed by atoms with Crippen LogP contribution in [0.25, 0.3) is 0 Å². The first-order chi connectivity index (χ1) is 17.2. The number of rotatable bonds is 12. The minimum absolute atomic E-state index is 0.0981. The average molecular weight is 511 g/mol. The van der Waals surface area contributed by atoms with Gasteiger partial charge >= 0.3 is 0 Å². The van der Waals surface area contributed by atoms with Gasteiger partial charge in [0.25, 0.3) is 10.0 Å². The summed E-state index contributed by atoms with van der Waals surface area (Å²) < 4.78 is 39.2. The molecular formula is C28H34N2O5S. The van der Waals surface area contributed by atoms with Crippen LogP contribution in [0.3, 0.4) is 0 Å². The molecule has 0 saturated carbocycles. The second kappa shape index (κ2) is 12.4. The van der Waals surface area contributed by atoms with Gasteiger partial charge in [-0.25, -0.2) is 8.42 Å². The van der Waals surface area contributed by atoms with E-state index in [2.05, 4.69) is 5.32 Å². The number of methoxy groups -OCH3 is 1. The number of benzene rings is 3. The van der Waals surface area contributed by atoms with Crippen molar-refractivity contribution in [3.63, 3.8) is 0 Å². The van der Waals surface area contributed by atoms with Crippen molar-refractivity contribution in [2.75, 3.05) is 24.5 Å². The predicted octanol–water partition coefficient (Wildman–Crippen LogP) is 4.74. The molecule has 192 valence electrons. The molecule has 0 aromatic heterocycles. The lowest BCUT2D eigenvalue weighted by atomic mass is 10.1. The molecule has 0 atom stereocenters. The van der Waals surface area contributed by atoms with Gasteiger partial charge in [0.05, 0.1) is 23.8 Å². The molecule has 0 radical (unpaired) electrons. The molecule has 7 nitrogen and oxygen atoms in total. The Morgan fingerprint density at radius 3 is 2.42 bits per heavy atom. The Labute approximate surface area is 214 Å². The van der Waals surface area contributed by atoms with E-state index in [1.54, 1.807) is 49.4 Å². The molecule has 0 aliphatic heterocycles. The molecule has 1 amide bonds. The van der Waals surface area contributed by atoms with Gasteiger partial charge in [-0.05, 0) is 87.2 Å². The van der Waals surface area contributed by atoms with Crippen molar-refractivity contribution in [3.05, 3.63) is 83.9 Å². The Bertz CT molecular complexity index is 1260. The zero-order chi connectivity index (χ0) is 26.1. The Hall–Kier alpha value is -3.52. The minimum atomic E-state index is -3.98. The Balaban J connectivity index is 1.66. The minimum Gasteiger partial charge on any atom is -0.496 e. The molecule has 0 unspecified atom stereocenters. The first kappa shape index (κ1) is 27.1. The summed E-state index contributed by atoms with van der Waals surface area (Å²) in [7, 11) is -2.45. The number of sulfonamides is 1. The number of ether oxygens (including phenoxy) is 2. The van der Waals surface area contributed by atoms with Crippen LogP contribution in [0.1, 0.15) is 31.4 Å². The van der Waals surface area contributed by atoms with Crippen molar-refractivity contribution >= 4 is 21.6 Å². The largest absolute Gasteiger partial charge is 0.496 e. The summed E-state index contributed by atoms with van der Waals surface area (Å²) in [5.74, 6) is 1.05. The molecule has 3 aromatic rings. The van der Waals surface area contributed by atoms with Crippen molar-refractivity contribution in [2.45, 2.75) is 44.6 Å². The van der Waals surface area contributed by atoms with E-state index in [1.807, 2.05) is 38.1 Å². The number of nitrogens with zero attached hydrogens (tertiary/aromatic N) is 1. The van der Waals surface area contributed by atoms with Crippen LogP contribution < -0.4 is 19.1 Å². The molecule has 1 N–H and O–H groups in total. The number of hydrogen-bond acceptors (Lipinski definition) is 5. The molecule has 0 fully saturated rings. The fourth-order valence-corrected chi connectivity index (χ4v) is 5.31. The fourth-order valence-electron chi connectivity index (χ4n) is 3.80. The monoisotopic (exact) mass is 510 g/mol. The number of nitrogens with one attached hydrogen (secondary N) is 1. The van der Waals surface area contributed by atoms with Crippen molar-refractivity contribution in [1.29, 1.82) is 0 Å². The number of amides is 1. The van der Waals surface area contributed by atoms with Gasteiger partial charge in [-0.1, -0.05) is 30.3 Å². The third-order valence-corrected chi connectivity index (χ3v) is 7.29. The molecule has 0 spiro atoms. The summed E-state index contributed by atoms with van der Waals surface area (Å²) in [6.45, 7) is 5.85. The van der Waals surface area contributed by atoms with Crippen molar-refractivity contribution in [1.82, 2.24) is 5.32 Å². The van der Waals surface area contributed by atoms with Crippen LogP contribution in [-0.2, 0) is 21.2 Å². The molecule has 0 aliphatic rings. The Kier molecular flexibility index (Phi) is 9.36. The first-order valence-electron chi connectivity index (χ1n) is 12.0. The summed E-state index contributed by atoms with van der Waals surface area (Å²) in [5.41, 5.74) is 2.23. The fraction of sp³-hybridized carbons (Fsp3) is 0.321. The Morgan fingerprint density at radius 2 is 1.75 bits per heavy atom. The lowest BCUT2D eigenvalue weighted by Crippen LogP contribution is -2.41. The number of para-hydroxylation sites is 1. The van der Waals surface area contributed by atoms with Gasteiger partial charge in [-0.15, -0.1) is 0 Å². The maximum atomic E-state index is 13.5. The highest BCUT2D eigenvalue weighted by Gasteiger charge is 2.27. The van der Waals surface area contributed by atoms with E-state index in [9.17, 15) is 13.2 Å². The van der Waals surface area contributed by atoms with E-state index in [1.165, 1.54) is 13.2 Å². The standard InChI is InChI=1S/C28H34N2O5S/c1-21(2)35-25-14-8-10-23(19-25)11-9-17-29-28(31)20-30(24-12-6-5-7-13-24)36(32,33)26-15-16-27(34-4)22(3)18-26/h5-8,10,12-16,18-19,21H,9,11,17,20H2,1-4H3,(H,29,31). The molecule has 0 saturated heterocycles. The van der Waals surface area contributed by atoms with Crippen LogP contribution in [0.5, 0.6) is 11.5 Å². The van der Waals surface area contributed by atoms with Gasteiger partial charge in [0.2, 0.25) is 5.91 Å². The SMILES string of the molecule is COc1ccc(S(=O)(=O)N(CC(=O)NCCCc2cccc(OC(C)C)c2)c2ccccc2)cc1C. The van der Waals surface area contributed by atoms with Crippen molar-refractivity contribution in [3.8, 4) is 11.5 Å². The first-order valence-corrected chi connectivity index (χ1v) is 13.4. The predicted molar refractivity (Wildman–Crippen MR) is 142 cm³/mol. The number of aryl methyl sites for hydroxylation is 2. The number of anilines is 1. The summed E-state index contributed by atoms with van der Waals surface area (Å²) in [6.07, 6.45) is 1.58. The van der Waals surface area contributed by atoms with Crippen LogP contribution in [0.15, 0.2) is 77.7 Å². The smallest absolute Gasteiger partial charge is 0.264 e.